The summed E-state index contributed by atoms with van der Waals surface area (Å²) in [7, 11) is 1.67. The van der Waals surface area contributed by atoms with Crippen molar-refractivity contribution in [1.29, 1.82) is 0 Å². The molecule has 4 N–H and O–H groups in total. The van der Waals surface area contributed by atoms with Crippen molar-refractivity contribution in [1.82, 2.24) is 5.32 Å². The molecule has 0 aliphatic rings. The second kappa shape index (κ2) is 5.40. The van der Waals surface area contributed by atoms with Crippen molar-refractivity contribution >= 4 is 17.3 Å². The van der Waals surface area contributed by atoms with E-state index in [2.05, 4.69) is 5.32 Å². The number of nitrogens with one attached hydrogen (secondary N) is 1. The molecule has 5 nitrogen and oxygen atoms in total. The third-order valence-corrected chi connectivity index (χ3v) is 3.51. The van der Waals surface area contributed by atoms with Crippen LogP contribution in [0.1, 0.15) is 26.2 Å². The van der Waals surface area contributed by atoms with Crippen LogP contribution in [0.3, 0.4) is 0 Å². The van der Waals surface area contributed by atoms with Crippen molar-refractivity contribution in [3.05, 3.63) is 21.4 Å². The highest BCUT2D eigenvalue weighted by Crippen LogP contribution is 2.29. The number of carboxylic acids is 1. The van der Waals surface area contributed by atoms with Gasteiger partial charge in [0.25, 0.3) is 0 Å². The Morgan fingerprint density at radius 2 is 2.19 bits per heavy atom. The van der Waals surface area contributed by atoms with Gasteiger partial charge < -0.3 is 20.6 Å². The van der Waals surface area contributed by atoms with Crippen molar-refractivity contribution < 1.29 is 20.1 Å². The second-order valence-electron chi connectivity index (χ2n) is 3.53. The van der Waals surface area contributed by atoms with Gasteiger partial charge in [-0.2, -0.15) is 0 Å². The number of aromatic carboxylic acids is 1. The molecule has 90 valence electrons. The quantitative estimate of drug-likeness (QED) is 0.602. The lowest BCUT2D eigenvalue weighted by Gasteiger charge is -2.16. The van der Waals surface area contributed by atoms with Crippen LogP contribution in [-0.2, 0) is 0 Å². The first-order valence-corrected chi connectivity index (χ1v) is 5.63. The maximum Gasteiger partial charge on any atom is 0.345 e. The fraction of sp³-hybridized carbons (Fsp3) is 0.500. The van der Waals surface area contributed by atoms with Crippen LogP contribution < -0.4 is 5.32 Å². The molecule has 1 rings (SSSR count). The number of carbonyl (C=O) groups is 1. The highest BCUT2D eigenvalue weighted by atomic mass is 32.1. The van der Waals surface area contributed by atoms with E-state index in [0.717, 1.165) is 11.3 Å². The summed E-state index contributed by atoms with van der Waals surface area (Å²) < 4.78 is 0. The Labute approximate surface area is 97.4 Å². The lowest BCUT2D eigenvalue weighted by Crippen LogP contribution is -2.29. The molecule has 0 saturated heterocycles. The number of aliphatic hydroxyl groups is 2. The molecule has 16 heavy (non-hydrogen) atoms. The first-order chi connectivity index (χ1) is 7.47. The van der Waals surface area contributed by atoms with Crippen molar-refractivity contribution in [3.63, 3.8) is 0 Å². The molecule has 1 heterocycles. The highest BCUT2D eigenvalue weighted by Gasteiger charge is 2.23. The Balaban J connectivity index is 2.90. The van der Waals surface area contributed by atoms with Crippen LogP contribution in [0.25, 0.3) is 0 Å². The van der Waals surface area contributed by atoms with Crippen LogP contribution in [0.2, 0.25) is 0 Å². The molecule has 0 aromatic carbocycles. The third-order valence-electron chi connectivity index (χ3n) is 2.21. The SMILES string of the molecule is CNCC(O)C(O)c1sc(C(=O)O)cc1C. The van der Waals surface area contributed by atoms with E-state index in [1.54, 1.807) is 14.0 Å². The van der Waals surface area contributed by atoms with Crippen molar-refractivity contribution in [2.75, 3.05) is 13.6 Å². The fourth-order valence-corrected chi connectivity index (χ4v) is 2.45. The van der Waals surface area contributed by atoms with Crippen LogP contribution >= 0.6 is 11.3 Å². The Morgan fingerprint density at radius 1 is 1.56 bits per heavy atom. The molecule has 0 fully saturated rings. The first-order valence-electron chi connectivity index (χ1n) is 4.81. The van der Waals surface area contributed by atoms with Gasteiger partial charge in [0, 0.05) is 11.4 Å². The average molecular weight is 245 g/mol. The Bertz CT molecular complexity index is 377. The topological polar surface area (TPSA) is 89.8 Å². The number of hydrogen-bond donors (Lipinski definition) is 4. The summed E-state index contributed by atoms with van der Waals surface area (Å²) in [6, 6.07) is 1.50. The number of likely N-dealkylation sites (N-methyl/N-ethyl adjacent to an activating group) is 1. The standard InChI is InChI=1S/C10H15NO4S/c1-5-3-7(10(14)15)16-9(5)8(13)6(12)4-11-2/h3,6,8,11-13H,4H2,1-2H3,(H,14,15). The van der Waals surface area contributed by atoms with Crippen molar-refractivity contribution in [2.45, 2.75) is 19.1 Å². The lowest BCUT2D eigenvalue weighted by molar-refractivity contribution is 0.0221. The van der Waals surface area contributed by atoms with E-state index in [-0.39, 0.29) is 11.4 Å². The zero-order chi connectivity index (χ0) is 12.3. The molecule has 6 heteroatoms. The molecular formula is C10H15NO4S. The van der Waals surface area contributed by atoms with Crippen LogP contribution in [0.5, 0.6) is 0 Å². The Morgan fingerprint density at radius 3 is 2.62 bits per heavy atom. The van der Waals surface area contributed by atoms with Gasteiger partial charge in [0.15, 0.2) is 0 Å². The number of hydrogen-bond acceptors (Lipinski definition) is 5. The van der Waals surface area contributed by atoms with E-state index in [9.17, 15) is 15.0 Å². The van der Waals surface area contributed by atoms with Gasteiger partial charge in [0.05, 0.1) is 6.10 Å². The zero-order valence-electron chi connectivity index (χ0n) is 9.10. The van der Waals surface area contributed by atoms with Gasteiger partial charge in [-0.1, -0.05) is 0 Å². The summed E-state index contributed by atoms with van der Waals surface area (Å²) in [6.45, 7) is 1.97. The van der Waals surface area contributed by atoms with Crippen LogP contribution in [-0.4, -0.2) is 41.0 Å². The fourth-order valence-electron chi connectivity index (χ4n) is 1.39. The van der Waals surface area contributed by atoms with Gasteiger partial charge in [-0.25, -0.2) is 4.79 Å². The molecule has 1 aromatic rings. The first kappa shape index (κ1) is 13.1. The van der Waals surface area contributed by atoms with Gasteiger partial charge in [-0.15, -0.1) is 11.3 Å². The molecule has 0 saturated carbocycles. The minimum atomic E-state index is -1.05. The molecule has 2 unspecified atom stereocenters. The zero-order valence-corrected chi connectivity index (χ0v) is 9.91. The van der Waals surface area contributed by atoms with E-state index >= 15 is 0 Å². The molecule has 0 radical (unpaired) electrons. The number of carboxylic acid groups (broad SMARTS) is 1. The number of thiophene rings is 1. The summed E-state index contributed by atoms with van der Waals surface area (Å²) >= 11 is 0.993. The normalized spacial score (nSPS) is 14.8. The van der Waals surface area contributed by atoms with Crippen LogP contribution in [0, 0.1) is 6.92 Å². The van der Waals surface area contributed by atoms with Gasteiger partial charge in [-0.3, -0.25) is 0 Å². The molecule has 0 aliphatic heterocycles. The Hall–Kier alpha value is -0.950. The van der Waals surface area contributed by atoms with Crippen molar-refractivity contribution in [3.8, 4) is 0 Å². The summed E-state index contributed by atoms with van der Waals surface area (Å²) in [4.78, 5) is 11.4. The lowest BCUT2D eigenvalue weighted by atomic mass is 10.1. The average Bonchev–Trinajstić information content (AvgIpc) is 2.60. The van der Waals surface area contributed by atoms with Crippen LogP contribution in [0.15, 0.2) is 6.07 Å². The predicted octanol–water partition coefficient (Wildman–Crippen LogP) is 0.368. The molecule has 0 spiro atoms. The summed E-state index contributed by atoms with van der Waals surface area (Å²) in [5, 5.41) is 31.0. The largest absolute Gasteiger partial charge is 0.477 e. The molecule has 0 amide bonds. The van der Waals surface area contributed by atoms with E-state index in [1.807, 2.05) is 0 Å². The van der Waals surface area contributed by atoms with Crippen molar-refractivity contribution in [2.24, 2.45) is 0 Å². The maximum atomic E-state index is 10.7. The number of aryl methyl sites for hydroxylation is 1. The minimum absolute atomic E-state index is 0.170. The van der Waals surface area contributed by atoms with E-state index in [0.29, 0.717) is 10.4 Å². The molecule has 1 aromatic heterocycles. The van der Waals surface area contributed by atoms with E-state index < -0.39 is 18.2 Å². The van der Waals surface area contributed by atoms with E-state index in [1.165, 1.54) is 6.07 Å². The van der Waals surface area contributed by atoms with Gasteiger partial charge in [0.2, 0.25) is 0 Å². The third kappa shape index (κ3) is 2.79. The molecular weight excluding hydrogens is 230 g/mol. The monoisotopic (exact) mass is 245 g/mol. The molecule has 0 aliphatic carbocycles. The number of aliphatic hydroxyl groups excluding tert-OH is 2. The second-order valence-corrected chi connectivity index (χ2v) is 4.62. The van der Waals surface area contributed by atoms with Gasteiger partial charge in [-0.05, 0) is 25.6 Å². The minimum Gasteiger partial charge on any atom is -0.477 e. The Kier molecular flexibility index (Phi) is 4.43. The van der Waals surface area contributed by atoms with Gasteiger partial charge >= 0.3 is 5.97 Å². The highest BCUT2D eigenvalue weighted by molar-refractivity contribution is 7.14. The molecule has 2 atom stereocenters. The smallest absolute Gasteiger partial charge is 0.345 e. The predicted molar refractivity (Wildman–Crippen MR) is 60.9 cm³/mol. The van der Waals surface area contributed by atoms with Crippen LogP contribution in [0.4, 0.5) is 0 Å². The maximum absolute atomic E-state index is 10.7. The summed E-state index contributed by atoms with van der Waals surface area (Å²) in [5.41, 5.74) is 0.685. The van der Waals surface area contributed by atoms with E-state index in [4.69, 9.17) is 5.11 Å². The molecule has 0 bridgehead atoms. The summed E-state index contributed by atoms with van der Waals surface area (Å²) in [5.74, 6) is -1.02. The number of rotatable bonds is 5. The summed E-state index contributed by atoms with van der Waals surface area (Å²) in [6.07, 6.45) is -1.99. The van der Waals surface area contributed by atoms with Gasteiger partial charge in [0.1, 0.15) is 11.0 Å².